The summed E-state index contributed by atoms with van der Waals surface area (Å²) in [6.07, 6.45) is 14.5. The number of thioether (sulfide) groups is 12. The third-order valence-corrected chi connectivity index (χ3v) is 30.9. The molecule has 12 heteroatoms. The number of benzene rings is 7. The molecule has 0 amide bonds. The zero-order valence-electron chi connectivity index (χ0n) is 49.0. The van der Waals surface area contributed by atoms with Crippen LogP contribution in [0.3, 0.4) is 0 Å². The van der Waals surface area contributed by atoms with Crippen molar-refractivity contribution < 1.29 is 0 Å². The highest BCUT2D eigenvalue weighted by Crippen LogP contribution is 2.71. The van der Waals surface area contributed by atoms with Crippen molar-refractivity contribution in [2.45, 2.75) is 177 Å². The van der Waals surface area contributed by atoms with E-state index in [1.54, 1.807) is 0 Å². The second-order valence-corrected chi connectivity index (χ2v) is 35.8. The Morgan fingerprint density at radius 1 is 0.250 bits per heavy atom. The maximum atomic E-state index is 2.72. The highest BCUT2D eigenvalue weighted by Gasteiger charge is 2.47. The fourth-order valence-corrected chi connectivity index (χ4v) is 27.0. The lowest BCUT2D eigenvalue weighted by Crippen LogP contribution is -1.98. The van der Waals surface area contributed by atoms with Gasteiger partial charge in [-0.2, -0.15) is 0 Å². The molecular weight excluding hydrogens is 1250 g/mol. The number of hydrogen-bond donors (Lipinski definition) is 0. The van der Waals surface area contributed by atoms with E-state index in [0.29, 0.717) is 0 Å². The topological polar surface area (TPSA) is 0 Å². The molecule has 3 heterocycles. The molecule has 7 aromatic rings. The van der Waals surface area contributed by atoms with Crippen LogP contribution >= 0.6 is 141 Å². The third kappa shape index (κ3) is 11.9. The summed E-state index contributed by atoms with van der Waals surface area (Å²) in [6.45, 7) is 14.1. The van der Waals surface area contributed by atoms with E-state index in [1.807, 2.05) is 70.6 Å². The Balaban J connectivity index is 1.21. The Hall–Kier alpha value is -2.04. The molecule has 0 saturated heterocycles. The lowest BCUT2D eigenvalue weighted by molar-refractivity contribution is 0.893. The zero-order chi connectivity index (χ0) is 57.3. The smallest absolute Gasteiger partial charge is 0.0584 e. The molecule has 0 radical (unpaired) electrons. The van der Waals surface area contributed by atoms with E-state index in [2.05, 4.69) is 221 Å². The van der Waals surface area contributed by atoms with Crippen molar-refractivity contribution in [2.24, 2.45) is 0 Å². The zero-order valence-corrected chi connectivity index (χ0v) is 58.8. The van der Waals surface area contributed by atoms with Gasteiger partial charge in [0.15, 0.2) is 0 Å². The Morgan fingerprint density at radius 2 is 0.440 bits per heavy atom. The molecule has 7 aromatic carbocycles. The van der Waals surface area contributed by atoms with Gasteiger partial charge in [0.2, 0.25) is 0 Å². The normalized spacial score (nSPS) is 14.8. The second-order valence-electron chi connectivity index (χ2n) is 21.9. The van der Waals surface area contributed by atoms with Gasteiger partial charge in [0.1, 0.15) is 0 Å². The largest absolute Gasteiger partial charge is 0.125 e. The molecule has 0 bridgehead atoms. The standard InChI is InChI=1S/C72H72S12/c1-7-13-31-73-55-37-43-46(40-58(55)76-34-16-10-4)64(70-79-49-25-19-20-26-50(49)80-70)67-61(43)68-63(44-38-56(74-32-14-8-2)59(77-35-17-11-5)41-47(44)65(68)71-81-51-27-21-22-28-52(51)82-71)69-62(67)45-39-57(75-33-15-9-3)60(78-36-18-12-6)42-48(45)66(69)72-83-53-29-23-24-30-54(53)84-72/h19-30,37-42H,7-18,31-36H2,1-6H3. The Labute approximate surface area is 552 Å². The SMILES string of the molecule is CCCCSc1cc2c(cc1SCCCC)-c1c(c3c(c4c1C(=C1Sc5ccccc5S1)c1cc(SCCCC)c(SCCCC)cc1-4)C(=C1Sc4ccccc4S1)c1cc(SCCCC)c(SCCCC)cc1-3)C2=C1Sc2ccccc2S1. The molecule has 0 nitrogen and oxygen atoms in total. The van der Waals surface area contributed by atoms with Crippen molar-refractivity contribution in [3.63, 3.8) is 0 Å². The Kier molecular flexibility index (Phi) is 20.3. The lowest BCUT2D eigenvalue weighted by atomic mass is 9.84. The van der Waals surface area contributed by atoms with Crippen LogP contribution in [0, 0.1) is 0 Å². The summed E-state index contributed by atoms with van der Waals surface area (Å²) in [5, 5.41) is 0. The van der Waals surface area contributed by atoms with E-state index in [9.17, 15) is 0 Å². The average Bonchev–Trinajstić information content (AvgIpc) is 2.42. The highest BCUT2D eigenvalue weighted by atomic mass is 32.2. The molecule has 13 rings (SSSR count). The predicted molar refractivity (Wildman–Crippen MR) is 389 cm³/mol. The maximum Gasteiger partial charge on any atom is 0.0584 e. The van der Waals surface area contributed by atoms with Crippen LogP contribution in [0.1, 0.15) is 152 Å². The number of fused-ring (bicyclic) bond motifs is 15. The second kappa shape index (κ2) is 28.0. The van der Waals surface area contributed by atoms with Gasteiger partial charge in [0.25, 0.3) is 0 Å². The van der Waals surface area contributed by atoms with Crippen LogP contribution in [-0.4, -0.2) is 34.5 Å². The molecule has 0 N–H and O–H groups in total. The minimum Gasteiger partial charge on any atom is -0.125 e. The van der Waals surface area contributed by atoms with Gasteiger partial charge in [-0.15, -0.1) is 70.6 Å². The van der Waals surface area contributed by atoms with Crippen LogP contribution in [0.25, 0.3) is 50.1 Å². The summed E-state index contributed by atoms with van der Waals surface area (Å²) in [4.78, 5) is 17.0. The van der Waals surface area contributed by atoms with Crippen molar-refractivity contribution >= 4 is 158 Å². The molecule has 0 atom stereocenters. The minimum absolute atomic E-state index is 1.13. The predicted octanol–water partition coefficient (Wildman–Crippen LogP) is 26.8. The Bertz CT molecular complexity index is 3300. The molecule has 0 saturated carbocycles. The molecule has 0 spiro atoms. The summed E-state index contributed by atoms with van der Waals surface area (Å²) >= 11 is 24.8. The maximum absolute atomic E-state index is 2.72. The van der Waals surface area contributed by atoms with Crippen LogP contribution in [0.5, 0.6) is 0 Å². The molecule has 6 aliphatic rings. The summed E-state index contributed by atoms with van der Waals surface area (Å²) < 4.78 is 4.26. The number of hydrogen-bond acceptors (Lipinski definition) is 12. The third-order valence-electron chi connectivity index (χ3n) is 16.0. The summed E-state index contributed by atoms with van der Waals surface area (Å²) in [7, 11) is 0. The van der Waals surface area contributed by atoms with Crippen LogP contribution in [0.4, 0.5) is 0 Å². The van der Waals surface area contributed by atoms with Gasteiger partial charge in [-0.25, -0.2) is 0 Å². The monoisotopic (exact) mass is 1320 g/mol. The molecule has 3 aliphatic carbocycles. The van der Waals surface area contributed by atoms with E-state index < -0.39 is 0 Å². The van der Waals surface area contributed by atoms with E-state index in [-0.39, 0.29) is 0 Å². The molecule has 84 heavy (non-hydrogen) atoms. The van der Waals surface area contributed by atoms with Crippen molar-refractivity contribution in [3.05, 3.63) is 155 Å². The van der Waals surface area contributed by atoms with Crippen LogP contribution < -0.4 is 0 Å². The van der Waals surface area contributed by atoms with E-state index >= 15 is 0 Å². The summed E-state index contributed by atoms with van der Waals surface area (Å²) in [5.41, 5.74) is 21.7. The number of unbranched alkanes of at least 4 members (excludes halogenated alkanes) is 6. The first-order valence-electron chi connectivity index (χ1n) is 30.6. The Morgan fingerprint density at radius 3 is 0.631 bits per heavy atom. The molecule has 432 valence electrons. The van der Waals surface area contributed by atoms with Crippen molar-refractivity contribution in [1.82, 2.24) is 0 Å². The van der Waals surface area contributed by atoms with Crippen LogP contribution in [0.2, 0.25) is 0 Å². The summed E-state index contributed by atoms with van der Waals surface area (Å²) in [5.74, 6) is 6.78. The van der Waals surface area contributed by atoms with Gasteiger partial charge in [0, 0.05) is 92.2 Å². The fourth-order valence-electron chi connectivity index (χ4n) is 11.7. The average molecular weight is 1320 g/mol. The molecule has 3 aliphatic heterocycles. The minimum atomic E-state index is 1.13. The van der Waals surface area contributed by atoms with E-state index in [0.717, 1.165) is 34.5 Å². The fraction of sp³-hybridized carbons (Fsp3) is 0.333. The van der Waals surface area contributed by atoms with Gasteiger partial charge in [-0.1, -0.05) is 187 Å². The van der Waals surface area contributed by atoms with E-state index in [1.165, 1.54) is 232 Å². The highest BCUT2D eigenvalue weighted by molar-refractivity contribution is 8.26. The first kappa shape index (κ1) is 60.8. The van der Waals surface area contributed by atoms with Crippen LogP contribution in [0.15, 0.2) is 181 Å². The van der Waals surface area contributed by atoms with Crippen molar-refractivity contribution in [2.75, 3.05) is 34.5 Å². The van der Waals surface area contributed by atoms with Gasteiger partial charge in [0.05, 0.1) is 12.7 Å². The first-order chi connectivity index (χ1) is 41.4. The first-order valence-corrected chi connectivity index (χ1v) is 41.4. The molecule has 0 unspecified atom stereocenters. The summed E-state index contributed by atoms with van der Waals surface area (Å²) in [6, 6.07) is 43.9. The lowest BCUT2D eigenvalue weighted by Gasteiger charge is -2.20. The van der Waals surface area contributed by atoms with Gasteiger partial charge < -0.3 is 0 Å². The number of rotatable bonds is 24. The van der Waals surface area contributed by atoms with Crippen molar-refractivity contribution in [3.8, 4) is 33.4 Å². The van der Waals surface area contributed by atoms with E-state index in [4.69, 9.17) is 0 Å². The van der Waals surface area contributed by atoms with Crippen molar-refractivity contribution in [1.29, 1.82) is 0 Å². The molecule has 0 fully saturated rings. The van der Waals surface area contributed by atoms with Gasteiger partial charge >= 0.3 is 0 Å². The molecular formula is C72H72S12. The quantitative estimate of drug-likeness (QED) is 0.0418. The van der Waals surface area contributed by atoms with Crippen LogP contribution in [-0.2, 0) is 0 Å². The van der Waals surface area contributed by atoms with Gasteiger partial charge in [-0.05, 0) is 196 Å². The van der Waals surface area contributed by atoms with Gasteiger partial charge in [-0.3, -0.25) is 0 Å². The molecule has 0 aromatic heterocycles.